The maximum atomic E-state index is 16.2. The van der Waals surface area contributed by atoms with Crippen molar-refractivity contribution in [1.82, 2.24) is 15.8 Å². The Labute approximate surface area is 213 Å². The minimum Gasteiger partial charge on any atom is -0.447 e. The van der Waals surface area contributed by atoms with Crippen LogP contribution in [0.2, 0.25) is 0 Å². The van der Waals surface area contributed by atoms with Crippen molar-refractivity contribution in [2.24, 2.45) is 5.41 Å². The molecule has 5 atom stereocenters. The molecule has 4 aliphatic rings. The third-order valence-electron chi connectivity index (χ3n) is 7.71. The molecule has 0 aliphatic carbocycles. The molecule has 4 N–H and O–H groups in total. The predicted molar refractivity (Wildman–Crippen MR) is 124 cm³/mol. The number of ether oxygens (including phenoxy) is 2. The number of nitrogens with one attached hydrogen (secondary N) is 2. The molecule has 2 aromatic rings. The summed E-state index contributed by atoms with van der Waals surface area (Å²) in [6.07, 6.45) is -3.63. The van der Waals surface area contributed by atoms with Gasteiger partial charge < -0.3 is 29.1 Å². The molecule has 38 heavy (non-hydrogen) atoms. The van der Waals surface area contributed by atoms with Gasteiger partial charge in [0, 0.05) is 13.0 Å². The number of morpholine rings is 1. The minimum absolute atomic E-state index is 0.0332. The van der Waals surface area contributed by atoms with Crippen molar-refractivity contribution < 1.29 is 47.8 Å². The zero-order valence-electron chi connectivity index (χ0n) is 20.3. The molecular weight excluding hydrogens is 509 g/mol. The number of nitrogens with zero attached hydrogens (tertiary/aromatic N) is 3. The summed E-state index contributed by atoms with van der Waals surface area (Å²) < 4.78 is 32.5. The highest BCUT2D eigenvalue weighted by Gasteiger charge is 2.63. The summed E-state index contributed by atoms with van der Waals surface area (Å²) in [5, 5.41) is 27.8. The lowest BCUT2D eigenvalue weighted by atomic mass is 9.66. The summed E-state index contributed by atoms with van der Waals surface area (Å²) in [6.45, 7) is 2.66. The lowest BCUT2D eigenvalue weighted by Gasteiger charge is -2.55. The van der Waals surface area contributed by atoms with E-state index in [-0.39, 0.29) is 53.7 Å². The van der Waals surface area contributed by atoms with E-state index >= 15 is 4.39 Å². The van der Waals surface area contributed by atoms with E-state index < -0.39 is 66.1 Å². The van der Waals surface area contributed by atoms with Crippen molar-refractivity contribution in [1.29, 1.82) is 0 Å². The SMILES string of the molecule is C[C@@H]1CN2c3c(cc4c(N5C(=O)OC[C@@H]5[C@@H](O)CO)noc4c3F)CC3(C(=O)NC(=O)NC3=O)C2[C@H](C)O1. The largest absolute Gasteiger partial charge is 0.447 e. The number of amides is 5. The number of aromatic nitrogens is 1. The molecule has 0 saturated carbocycles. The zero-order chi connectivity index (χ0) is 27.1. The van der Waals surface area contributed by atoms with Gasteiger partial charge in [0.25, 0.3) is 0 Å². The third-order valence-corrected chi connectivity index (χ3v) is 7.71. The number of anilines is 2. The number of aliphatic hydroxyl groups is 2. The van der Waals surface area contributed by atoms with E-state index in [0.29, 0.717) is 0 Å². The first-order chi connectivity index (χ1) is 18.1. The Balaban J connectivity index is 1.55. The number of rotatable bonds is 3. The standard InChI is InChI=1S/C23H24FN5O9/c1-8-5-28-15-10(4-23(17(28)9(2)37-8)19(32)25-21(34)26-20(23)33)3-11-16(14(15)24)38-27-18(11)29-12(13(31)6-30)7-36-22(29)35/h3,8-9,12-13,17,30-31H,4-7H2,1-2H3,(H2,25,26,32,33,34)/t8-,9+,12-,13+,17?/m1/s1. The molecular formula is C23H24FN5O9. The van der Waals surface area contributed by atoms with Gasteiger partial charge in [0.15, 0.2) is 17.1 Å². The molecule has 202 valence electrons. The second kappa shape index (κ2) is 8.34. The third kappa shape index (κ3) is 3.18. The topological polar surface area (TPSA) is 184 Å². The number of aliphatic hydroxyl groups excluding tert-OH is 2. The van der Waals surface area contributed by atoms with Gasteiger partial charge in [-0.25, -0.2) is 18.9 Å². The van der Waals surface area contributed by atoms with E-state index in [1.165, 1.54) is 6.07 Å². The number of fused-ring (bicyclic) bond motifs is 5. The monoisotopic (exact) mass is 533 g/mol. The predicted octanol–water partition coefficient (Wildman–Crippen LogP) is -0.464. The Bertz CT molecular complexity index is 1370. The van der Waals surface area contributed by atoms with Crippen LogP contribution in [-0.4, -0.2) is 89.5 Å². The molecule has 5 amide bonds. The molecule has 1 aromatic heterocycles. The van der Waals surface area contributed by atoms with Gasteiger partial charge in [-0.1, -0.05) is 5.16 Å². The quantitative estimate of drug-likeness (QED) is 0.374. The van der Waals surface area contributed by atoms with E-state index in [4.69, 9.17) is 14.0 Å². The van der Waals surface area contributed by atoms with Crippen LogP contribution in [0.4, 0.5) is 25.5 Å². The normalized spacial score (nSPS) is 29.2. The second-order valence-corrected chi connectivity index (χ2v) is 9.98. The van der Waals surface area contributed by atoms with Gasteiger partial charge in [-0.2, -0.15) is 0 Å². The summed E-state index contributed by atoms with van der Waals surface area (Å²) in [4.78, 5) is 53.6. The fraction of sp³-hybridized carbons (Fsp3) is 0.522. The van der Waals surface area contributed by atoms with E-state index in [1.807, 2.05) is 0 Å². The number of halogens is 1. The number of hydrogen-bond acceptors (Lipinski definition) is 11. The van der Waals surface area contributed by atoms with E-state index in [9.17, 15) is 29.4 Å². The molecule has 1 unspecified atom stereocenters. The van der Waals surface area contributed by atoms with Crippen LogP contribution in [0.1, 0.15) is 19.4 Å². The van der Waals surface area contributed by atoms with Crippen LogP contribution in [0.3, 0.4) is 0 Å². The van der Waals surface area contributed by atoms with E-state index in [0.717, 1.165) is 4.90 Å². The average molecular weight is 533 g/mol. The Morgan fingerprint density at radius 2 is 1.95 bits per heavy atom. The van der Waals surface area contributed by atoms with Crippen LogP contribution in [0.15, 0.2) is 10.6 Å². The first-order valence-corrected chi connectivity index (χ1v) is 12.0. The number of carbonyl (C=O) groups is 4. The molecule has 15 heteroatoms. The summed E-state index contributed by atoms with van der Waals surface area (Å²) in [7, 11) is 0. The second-order valence-electron chi connectivity index (χ2n) is 9.98. The molecule has 1 spiro atoms. The summed E-state index contributed by atoms with van der Waals surface area (Å²) >= 11 is 0. The maximum absolute atomic E-state index is 16.2. The molecule has 0 radical (unpaired) electrons. The number of urea groups is 1. The number of barbiturate groups is 1. The van der Waals surface area contributed by atoms with Gasteiger partial charge in [0.2, 0.25) is 17.4 Å². The van der Waals surface area contributed by atoms with Crippen LogP contribution in [0.25, 0.3) is 11.0 Å². The van der Waals surface area contributed by atoms with Crippen LogP contribution in [0.5, 0.6) is 0 Å². The summed E-state index contributed by atoms with van der Waals surface area (Å²) in [6, 6.07) is -1.46. The molecule has 1 aromatic carbocycles. The zero-order valence-corrected chi connectivity index (χ0v) is 20.3. The van der Waals surface area contributed by atoms with Gasteiger partial charge in [-0.15, -0.1) is 0 Å². The lowest BCUT2D eigenvalue weighted by molar-refractivity contribution is -0.153. The van der Waals surface area contributed by atoms with Crippen molar-refractivity contribution in [3.8, 4) is 0 Å². The Morgan fingerprint density at radius 3 is 2.63 bits per heavy atom. The number of hydrogen-bond donors (Lipinski definition) is 4. The van der Waals surface area contributed by atoms with Gasteiger partial charge in [-0.3, -0.25) is 20.2 Å². The molecule has 3 fully saturated rings. The number of imide groups is 2. The highest BCUT2D eigenvalue weighted by molar-refractivity contribution is 6.20. The smallest absolute Gasteiger partial charge is 0.416 e. The van der Waals surface area contributed by atoms with E-state index in [1.54, 1.807) is 18.7 Å². The molecule has 0 bridgehead atoms. The molecule has 5 heterocycles. The maximum Gasteiger partial charge on any atom is 0.416 e. The van der Waals surface area contributed by atoms with Crippen LogP contribution < -0.4 is 20.4 Å². The van der Waals surface area contributed by atoms with Gasteiger partial charge in [0.05, 0.1) is 35.9 Å². The summed E-state index contributed by atoms with van der Waals surface area (Å²) in [5.41, 5.74) is -1.79. The lowest BCUT2D eigenvalue weighted by Crippen LogP contribution is -2.75. The van der Waals surface area contributed by atoms with Gasteiger partial charge in [0.1, 0.15) is 18.8 Å². The summed E-state index contributed by atoms with van der Waals surface area (Å²) in [5.74, 6) is -2.65. The molecule has 6 rings (SSSR count). The highest BCUT2D eigenvalue weighted by atomic mass is 19.1. The van der Waals surface area contributed by atoms with Gasteiger partial charge in [-0.05, 0) is 25.5 Å². The molecule has 3 saturated heterocycles. The van der Waals surface area contributed by atoms with Crippen LogP contribution in [0, 0.1) is 11.2 Å². The Hall–Kier alpha value is -3.82. The number of benzene rings is 1. The first kappa shape index (κ1) is 24.5. The highest BCUT2D eigenvalue weighted by Crippen LogP contribution is 2.50. The Kier molecular flexibility index (Phi) is 5.38. The van der Waals surface area contributed by atoms with Gasteiger partial charge >= 0.3 is 12.1 Å². The van der Waals surface area contributed by atoms with Crippen molar-refractivity contribution in [2.45, 2.75) is 50.7 Å². The Morgan fingerprint density at radius 1 is 1.24 bits per heavy atom. The number of carbonyl (C=O) groups excluding carboxylic acids is 4. The van der Waals surface area contributed by atoms with Crippen molar-refractivity contribution in [3.05, 3.63) is 17.4 Å². The fourth-order valence-electron chi connectivity index (χ4n) is 6.19. The van der Waals surface area contributed by atoms with Crippen molar-refractivity contribution in [3.63, 3.8) is 0 Å². The minimum atomic E-state index is -1.83. The fourth-order valence-corrected chi connectivity index (χ4v) is 6.19. The van der Waals surface area contributed by atoms with Crippen molar-refractivity contribution >= 4 is 46.4 Å². The number of cyclic esters (lactones) is 1. The van der Waals surface area contributed by atoms with Crippen LogP contribution >= 0.6 is 0 Å². The van der Waals surface area contributed by atoms with Crippen LogP contribution in [-0.2, 0) is 25.5 Å². The molecule has 4 aliphatic heterocycles. The van der Waals surface area contributed by atoms with Crippen molar-refractivity contribution in [2.75, 3.05) is 29.6 Å². The van der Waals surface area contributed by atoms with E-state index in [2.05, 4.69) is 15.8 Å². The molecule has 14 nitrogen and oxygen atoms in total. The average Bonchev–Trinajstić information content (AvgIpc) is 3.44. The first-order valence-electron chi connectivity index (χ1n) is 12.0.